The van der Waals surface area contributed by atoms with Crippen molar-refractivity contribution in [1.82, 2.24) is 24.2 Å². The minimum atomic E-state index is -3.33. The average molecular weight is 475 g/mol. The monoisotopic (exact) mass is 474 g/mol. The summed E-state index contributed by atoms with van der Waals surface area (Å²) in [5.41, 5.74) is 11.8. The summed E-state index contributed by atoms with van der Waals surface area (Å²) in [6, 6.07) is 4.50. The number of halogens is 1. The molecule has 8 nitrogen and oxygen atoms in total. The number of rotatable bonds is 9. The number of imidazole rings is 1. The van der Waals surface area contributed by atoms with Gasteiger partial charge in [-0.2, -0.15) is 14.4 Å². The molecule has 0 atom stereocenters. The van der Waals surface area contributed by atoms with Gasteiger partial charge in [0, 0.05) is 19.5 Å². The van der Waals surface area contributed by atoms with Crippen molar-refractivity contribution >= 4 is 27.0 Å². The molecule has 0 unspecified atom stereocenters. The van der Waals surface area contributed by atoms with E-state index in [0.717, 1.165) is 18.4 Å². The van der Waals surface area contributed by atoms with Gasteiger partial charge in [-0.15, -0.1) is 0 Å². The lowest BCUT2D eigenvalue weighted by Crippen LogP contribution is -2.30. The number of fused-ring (bicyclic) bond motifs is 2. The highest BCUT2D eigenvalue weighted by Crippen LogP contribution is 2.28. The van der Waals surface area contributed by atoms with Crippen LogP contribution in [0.5, 0.6) is 0 Å². The molecule has 0 aliphatic heterocycles. The van der Waals surface area contributed by atoms with Crippen molar-refractivity contribution in [3.05, 3.63) is 46.3 Å². The van der Waals surface area contributed by atoms with E-state index in [9.17, 15) is 12.8 Å². The molecular formula is C23H31FN6O2S. The number of hydrogen-bond donors (Lipinski definition) is 2. The van der Waals surface area contributed by atoms with Gasteiger partial charge in [0.15, 0.2) is 17.0 Å². The van der Waals surface area contributed by atoms with Crippen molar-refractivity contribution in [1.29, 1.82) is 0 Å². The van der Waals surface area contributed by atoms with Crippen LogP contribution in [0, 0.1) is 18.9 Å². The van der Waals surface area contributed by atoms with Gasteiger partial charge in [-0.25, -0.2) is 18.1 Å². The molecule has 2 heterocycles. The number of anilines is 1. The summed E-state index contributed by atoms with van der Waals surface area (Å²) < 4.78 is 42.7. The lowest BCUT2D eigenvalue weighted by molar-refractivity contribution is 0.539. The molecule has 33 heavy (non-hydrogen) atoms. The van der Waals surface area contributed by atoms with Crippen molar-refractivity contribution in [2.24, 2.45) is 5.92 Å². The Morgan fingerprint density at radius 1 is 1.18 bits per heavy atom. The van der Waals surface area contributed by atoms with Crippen molar-refractivity contribution in [2.45, 2.75) is 59.4 Å². The maximum absolute atomic E-state index is 14.0. The van der Waals surface area contributed by atoms with Crippen LogP contribution in [0.3, 0.4) is 0 Å². The predicted molar refractivity (Wildman–Crippen MR) is 127 cm³/mol. The van der Waals surface area contributed by atoms with E-state index in [2.05, 4.69) is 38.7 Å². The highest BCUT2D eigenvalue weighted by molar-refractivity contribution is 7.89. The van der Waals surface area contributed by atoms with Gasteiger partial charge in [0.25, 0.3) is 0 Å². The Balaban J connectivity index is 1.60. The highest BCUT2D eigenvalue weighted by atomic mass is 32.2. The van der Waals surface area contributed by atoms with Gasteiger partial charge in [-0.1, -0.05) is 26.0 Å². The molecule has 3 aromatic rings. The third kappa shape index (κ3) is 5.33. The molecule has 0 bridgehead atoms. The molecule has 1 aromatic carbocycles. The summed E-state index contributed by atoms with van der Waals surface area (Å²) in [6.45, 7) is 6.52. The largest absolute Gasteiger partial charge is 0.382 e. The van der Waals surface area contributed by atoms with Gasteiger partial charge in [-0.3, -0.25) is 0 Å². The molecule has 2 aromatic heterocycles. The molecule has 0 saturated carbocycles. The Kier molecular flexibility index (Phi) is 6.67. The SMILES string of the molecule is Cc1cc2c(cc1Cc1nc3c(N)nc(F)nc3n1CCCNS(=O)(=O)CC(C)C)CCC2. The molecule has 0 saturated heterocycles. The van der Waals surface area contributed by atoms with Crippen molar-refractivity contribution in [3.63, 3.8) is 0 Å². The standard InChI is InChI=1S/C23H31FN6O2S/c1-14(2)13-33(31,32)26-8-5-9-30-19(27-20-21(25)28-23(24)29-22(20)30)12-18-11-17-7-4-6-16(17)10-15(18)3/h10-11,14,26H,4-9,12-13H2,1-3H3,(H2,25,28,29). The number of hydrogen-bond acceptors (Lipinski definition) is 6. The first kappa shape index (κ1) is 23.6. The maximum atomic E-state index is 14.0. The normalized spacial score (nSPS) is 13.8. The van der Waals surface area contributed by atoms with Crippen molar-refractivity contribution in [3.8, 4) is 0 Å². The van der Waals surface area contributed by atoms with E-state index in [1.165, 1.54) is 23.1 Å². The summed E-state index contributed by atoms with van der Waals surface area (Å²) in [5, 5.41) is 0. The number of nitrogens with two attached hydrogens (primary N) is 1. The Bertz CT molecular complexity index is 1290. The number of nitrogens with one attached hydrogen (secondary N) is 1. The van der Waals surface area contributed by atoms with Crippen LogP contribution in [-0.2, 0) is 35.8 Å². The molecule has 0 amide bonds. The molecule has 0 spiro atoms. The fourth-order valence-corrected chi connectivity index (χ4v) is 5.98. The third-order valence-corrected chi connectivity index (χ3v) is 7.76. The zero-order chi connectivity index (χ0) is 23.8. The summed E-state index contributed by atoms with van der Waals surface area (Å²) >= 11 is 0. The van der Waals surface area contributed by atoms with Gasteiger partial charge in [0.1, 0.15) is 5.82 Å². The first-order valence-electron chi connectivity index (χ1n) is 11.4. The van der Waals surface area contributed by atoms with E-state index in [1.54, 1.807) is 0 Å². The Hall–Kier alpha value is -2.59. The topological polar surface area (TPSA) is 116 Å². The summed E-state index contributed by atoms with van der Waals surface area (Å²) in [7, 11) is -3.33. The van der Waals surface area contributed by atoms with Crippen LogP contribution < -0.4 is 10.5 Å². The predicted octanol–water partition coefficient (Wildman–Crippen LogP) is 2.90. The molecule has 10 heteroatoms. The Labute approximate surface area is 193 Å². The number of aromatic nitrogens is 4. The smallest absolute Gasteiger partial charge is 0.312 e. The lowest BCUT2D eigenvalue weighted by Gasteiger charge is -2.13. The summed E-state index contributed by atoms with van der Waals surface area (Å²) in [4.78, 5) is 12.2. The van der Waals surface area contributed by atoms with Crippen LogP contribution in [0.2, 0.25) is 0 Å². The second-order valence-corrected chi connectivity index (χ2v) is 11.1. The van der Waals surface area contributed by atoms with Crippen LogP contribution in [0.15, 0.2) is 12.1 Å². The molecule has 0 fully saturated rings. The van der Waals surface area contributed by atoms with E-state index >= 15 is 0 Å². The van der Waals surface area contributed by atoms with E-state index in [4.69, 9.17) is 5.73 Å². The summed E-state index contributed by atoms with van der Waals surface area (Å²) in [5.74, 6) is 0.840. The quantitative estimate of drug-likeness (QED) is 0.364. The van der Waals surface area contributed by atoms with Crippen LogP contribution in [0.4, 0.5) is 10.2 Å². The van der Waals surface area contributed by atoms with Gasteiger partial charge >= 0.3 is 6.08 Å². The number of nitrogen functional groups attached to an aromatic ring is 1. The Morgan fingerprint density at radius 2 is 1.91 bits per heavy atom. The fraction of sp³-hybridized carbons (Fsp3) is 0.522. The summed E-state index contributed by atoms with van der Waals surface area (Å²) in [6.07, 6.45) is 3.53. The molecule has 178 valence electrons. The maximum Gasteiger partial charge on any atom is 0.312 e. The first-order chi connectivity index (χ1) is 15.6. The number of sulfonamides is 1. The number of nitrogens with zero attached hydrogens (tertiary/aromatic N) is 4. The lowest BCUT2D eigenvalue weighted by atomic mass is 9.98. The minimum Gasteiger partial charge on any atom is -0.382 e. The van der Waals surface area contributed by atoms with Gasteiger partial charge < -0.3 is 10.3 Å². The average Bonchev–Trinajstić information content (AvgIpc) is 3.29. The molecule has 1 aliphatic carbocycles. The second kappa shape index (κ2) is 9.34. The molecule has 0 radical (unpaired) electrons. The second-order valence-electron chi connectivity index (χ2n) is 9.23. The van der Waals surface area contributed by atoms with E-state index in [1.807, 2.05) is 18.4 Å². The fourth-order valence-electron chi connectivity index (χ4n) is 4.53. The van der Waals surface area contributed by atoms with Gasteiger partial charge in [0.05, 0.1) is 5.75 Å². The molecule has 1 aliphatic rings. The molecular weight excluding hydrogens is 443 g/mol. The number of benzene rings is 1. The van der Waals surface area contributed by atoms with Crippen LogP contribution >= 0.6 is 0 Å². The molecule has 4 rings (SSSR count). The number of aryl methyl sites for hydroxylation is 4. The first-order valence-corrected chi connectivity index (χ1v) is 13.0. The van der Waals surface area contributed by atoms with Crippen LogP contribution in [0.25, 0.3) is 11.2 Å². The van der Waals surface area contributed by atoms with Gasteiger partial charge in [-0.05, 0) is 60.8 Å². The molecule has 3 N–H and O–H groups in total. The van der Waals surface area contributed by atoms with Crippen LogP contribution in [0.1, 0.15) is 54.8 Å². The van der Waals surface area contributed by atoms with E-state index in [-0.39, 0.29) is 24.0 Å². The van der Waals surface area contributed by atoms with E-state index < -0.39 is 16.1 Å². The van der Waals surface area contributed by atoms with Crippen LogP contribution in [-0.4, -0.2) is 40.2 Å². The minimum absolute atomic E-state index is 0.000751. The van der Waals surface area contributed by atoms with Gasteiger partial charge in [0.2, 0.25) is 10.0 Å². The van der Waals surface area contributed by atoms with Crippen molar-refractivity contribution in [2.75, 3.05) is 18.0 Å². The van der Waals surface area contributed by atoms with E-state index in [0.29, 0.717) is 36.4 Å². The zero-order valence-corrected chi connectivity index (χ0v) is 20.2. The highest BCUT2D eigenvalue weighted by Gasteiger charge is 2.20. The van der Waals surface area contributed by atoms with Crippen molar-refractivity contribution < 1.29 is 12.8 Å². The zero-order valence-electron chi connectivity index (χ0n) is 19.4. The Morgan fingerprint density at radius 3 is 2.64 bits per heavy atom. The third-order valence-electron chi connectivity index (χ3n) is 6.01.